The van der Waals surface area contributed by atoms with Crippen molar-refractivity contribution in [2.24, 2.45) is 0 Å². The maximum atomic E-state index is 13.0. The molecule has 1 aromatic rings. The minimum Gasteiger partial charge on any atom is -0.298 e. The average Bonchev–Trinajstić information content (AvgIpc) is 2.02. The Morgan fingerprint density at radius 1 is 1.50 bits per heavy atom. The van der Waals surface area contributed by atoms with Gasteiger partial charge in [-0.15, -0.1) is 0 Å². The fraction of sp³-hybridized carbons (Fsp3) is 0. The zero-order valence-electron chi connectivity index (χ0n) is 5.57. The van der Waals surface area contributed by atoms with Gasteiger partial charge in [0.15, 0.2) is 6.29 Å². The Morgan fingerprint density at radius 3 is 2.58 bits per heavy atom. The minimum absolute atomic E-state index is 0.0626. The van der Waals surface area contributed by atoms with Gasteiger partial charge in [-0.1, -0.05) is 23.2 Å². The summed E-state index contributed by atoms with van der Waals surface area (Å²) in [6.45, 7) is 0. The van der Waals surface area contributed by atoms with Gasteiger partial charge in [0.1, 0.15) is 5.82 Å². The van der Waals surface area contributed by atoms with Crippen molar-refractivity contribution in [3.63, 3.8) is 0 Å². The second-order valence-corrected chi connectivity index (χ2v) is 3.64. The van der Waals surface area contributed by atoms with Crippen LogP contribution < -0.4 is 0 Å². The second kappa shape index (κ2) is 3.73. The zero-order chi connectivity index (χ0) is 9.30. The molecule has 0 bridgehead atoms. The molecule has 0 amide bonds. The van der Waals surface area contributed by atoms with E-state index in [9.17, 15) is 9.18 Å². The predicted octanol–water partition coefficient (Wildman–Crippen LogP) is 3.71. The van der Waals surface area contributed by atoms with E-state index in [-0.39, 0.29) is 20.1 Å². The maximum absolute atomic E-state index is 13.0. The van der Waals surface area contributed by atoms with Gasteiger partial charge in [-0.3, -0.25) is 4.79 Å². The van der Waals surface area contributed by atoms with Crippen LogP contribution in [0.2, 0.25) is 10.0 Å². The SMILES string of the molecule is O=Cc1c(F)c(Br)cc(Cl)c1Cl. The summed E-state index contributed by atoms with van der Waals surface area (Å²) < 4.78 is 13.1. The largest absolute Gasteiger partial charge is 0.298 e. The van der Waals surface area contributed by atoms with Gasteiger partial charge < -0.3 is 0 Å². The Bertz CT molecular complexity index is 314. The number of hydrogen-bond donors (Lipinski definition) is 0. The van der Waals surface area contributed by atoms with E-state index in [0.29, 0.717) is 6.29 Å². The smallest absolute Gasteiger partial charge is 0.154 e. The molecule has 1 nitrogen and oxygen atoms in total. The molecule has 0 aromatic heterocycles. The van der Waals surface area contributed by atoms with Crippen LogP contribution in [-0.4, -0.2) is 6.29 Å². The Morgan fingerprint density at radius 2 is 2.08 bits per heavy atom. The van der Waals surface area contributed by atoms with Gasteiger partial charge in [-0.2, -0.15) is 0 Å². The van der Waals surface area contributed by atoms with Crippen molar-refractivity contribution in [3.05, 3.63) is 32.0 Å². The molecule has 12 heavy (non-hydrogen) atoms. The normalized spacial score (nSPS) is 10.0. The Labute approximate surface area is 86.6 Å². The lowest BCUT2D eigenvalue weighted by molar-refractivity contribution is 0.112. The molecule has 0 aliphatic rings. The van der Waals surface area contributed by atoms with Gasteiger partial charge in [0, 0.05) is 0 Å². The highest BCUT2D eigenvalue weighted by molar-refractivity contribution is 9.10. The average molecular weight is 272 g/mol. The molecule has 0 fully saturated rings. The molecular weight excluding hydrogens is 270 g/mol. The van der Waals surface area contributed by atoms with Crippen LogP contribution in [-0.2, 0) is 0 Å². The Kier molecular flexibility index (Phi) is 3.09. The first-order valence-electron chi connectivity index (χ1n) is 2.86. The molecule has 5 heteroatoms. The number of carbonyl (C=O) groups is 1. The van der Waals surface area contributed by atoms with E-state index in [4.69, 9.17) is 23.2 Å². The van der Waals surface area contributed by atoms with Crippen molar-refractivity contribution in [1.82, 2.24) is 0 Å². The monoisotopic (exact) mass is 270 g/mol. The van der Waals surface area contributed by atoms with Crippen LogP contribution in [0, 0.1) is 5.82 Å². The second-order valence-electron chi connectivity index (χ2n) is 2.00. The van der Waals surface area contributed by atoms with Gasteiger partial charge >= 0.3 is 0 Å². The van der Waals surface area contributed by atoms with Gasteiger partial charge in [0.2, 0.25) is 0 Å². The number of carbonyl (C=O) groups excluding carboxylic acids is 1. The van der Waals surface area contributed by atoms with Crippen LogP contribution in [0.15, 0.2) is 10.5 Å². The number of halogens is 4. The molecule has 0 aliphatic heterocycles. The first-order valence-corrected chi connectivity index (χ1v) is 4.41. The molecule has 64 valence electrons. The summed E-state index contributed by atoms with van der Waals surface area (Å²) in [7, 11) is 0. The van der Waals surface area contributed by atoms with Crippen LogP contribution in [0.25, 0.3) is 0 Å². The van der Waals surface area contributed by atoms with Crippen LogP contribution in [0.3, 0.4) is 0 Å². The van der Waals surface area contributed by atoms with Crippen molar-refractivity contribution < 1.29 is 9.18 Å². The topological polar surface area (TPSA) is 17.1 Å². The summed E-state index contributed by atoms with van der Waals surface area (Å²) in [4.78, 5) is 10.3. The highest BCUT2D eigenvalue weighted by atomic mass is 79.9. The molecule has 0 heterocycles. The van der Waals surface area contributed by atoms with Crippen molar-refractivity contribution in [2.45, 2.75) is 0 Å². The van der Waals surface area contributed by atoms with Crippen LogP contribution in [0.1, 0.15) is 10.4 Å². The molecule has 0 atom stereocenters. The lowest BCUT2D eigenvalue weighted by atomic mass is 10.2. The van der Waals surface area contributed by atoms with Gasteiger partial charge in [-0.25, -0.2) is 4.39 Å². The van der Waals surface area contributed by atoms with E-state index < -0.39 is 5.82 Å². The quantitative estimate of drug-likeness (QED) is 0.562. The van der Waals surface area contributed by atoms with Crippen molar-refractivity contribution in [3.8, 4) is 0 Å². The van der Waals surface area contributed by atoms with E-state index in [1.165, 1.54) is 6.07 Å². The molecule has 1 aromatic carbocycles. The van der Waals surface area contributed by atoms with Crippen LogP contribution >= 0.6 is 39.1 Å². The molecular formula is C7H2BrCl2FO. The van der Waals surface area contributed by atoms with E-state index in [0.717, 1.165) is 0 Å². The summed E-state index contributed by atoms with van der Waals surface area (Å²) in [5.41, 5.74) is -0.226. The molecule has 0 spiro atoms. The van der Waals surface area contributed by atoms with Gasteiger partial charge in [0.05, 0.1) is 20.1 Å². The number of benzene rings is 1. The molecule has 0 aliphatic carbocycles. The molecule has 0 N–H and O–H groups in total. The first kappa shape index (κ1) is 9.96. The fourth-order valence-corrected chi connectivity index (χ4v) is 1.66. The lowest BCUT2D eigenvalue weighted by Crippen LogP contribution is -1.91. The molecule has 0 radical (unpaired) electrons. The van der Waals surface area contributed by atoms with E-state index in [1.54, 1.807) is 0 Å². The highest BCUT2D eigenvalue weighted by Crippen LogP contribution is 2.31. The molecule has 0 saturated heterocycles. The van der Waals surface area contributed by atoms with E-state index >= 15 is 0 Å². The summed E-state index contributed by atoms with van der Waals surface area (Å²) in [6.07, 6.45) is 0.328. The van der Waals surface area contributed by atoms with Crippen LogP contribution in [0.4, 0.5) is 4.39 Å². The Hall–Kier alpha value is -0.120. The lowest BCUT2D eigenvalue weighted by Gasteiger charge is -2.02. The standard InChI is InChI=1S/C7H2BrCl2FO/c8-4-1-5(9)6(10)3(2-12)7(4)11/h1-2H. The summed E-state index contributed by atoms with van der Waals surface area (Å²) in [5, 5.41) is 0.0828. The first-order chi connectivity index (χ1) is 5.57. The van der Waals surface area contributed by atoms with E-state index in [2.05, 4.69) is 15.9 Å². The Balaban J connectivity index is 3.52. The van der Waals surface area contributed by atoms with Gasteiger partial charge in [-0.05, 0) is 22.0 Å². The third kappa shape index (κ3) is 1.63. The molecule has 1 rings (SSSR count). The molecule has 0 saturated carbocycles. The maximum Gasteiger partial charge on any atom is 0.154 e. The van der Waals surface area contributed by atoms with Gasteiger partial charge in [0.25, 0.3) is 0 Å². The summed E-state index contributed by atoms with van der Waals surface area (Å²) >= 11 is 14.0. The van der Waals surface area contributed by atoms with E-state index in [1.807, 2.05) is 0 Å². The predicted molar refractivity (Wildman–Crippen MR) is 49.5 cm³/mol. The van der Waals surface area contributed by atoms with Crippen molar-refractivity contribution in [1.29, 1.82) is 0 Å². The molecule has 0 unspecified atom stereocenters. The zero-order valence-corrected chi connectivity index (χ0v) is 8.67. The van der Waals surface area contributed by atoms with Crippen LogP contribution in [0.5, 0.6) is 0 Å². The summed E-state index contributed by atoms with van der Waals surface area (Å²) in [5.74, 6) is -0.695. The minimum atomic E-state index is -0.695. The summed E-state index contributed by atoms with van der Waals surface area (Å²) in [6, 6.07) is 1.30. The number of hydrogen-bond acceptors (Lipinski definition) is 1. The van der Waals surface area contributed by atoms with Crippen molar-refractivity contribution in [2.75, 3.05) is 0 Å². The fourth-order valence-electron chi connectivity index (χ4n) is 0.695. The van der Waals surface area contributed by atoms with Crippen molar-refractivity contribution >= 4 is 45.4 Å². The highest BCUT2D eigenvalue weighted by Gasteiger charge is 2.13. The third-order valence-corrected chi connectivity index (χ3v) is 2.64. The number of aldehydes is 1. The third-order valence-electron chi connectivity index (χ3n) is 1.26. The number of rotatable bonds is 1.